The largest absolute Gasteiger partial charge is 0.459 e. The number of nitrogens with one attached hydrogen (secondary N) is 2. The molecule has 0 saturated carbocycles. The molecule has 2 N–H and O–H groups in total. The summed E-state index contributed by atoms with van der Waals surface area (Å²) in [5, 5.41) is 11.4. The van der Waals surface area contributed by atoms with Gasteiger partial charge in [-0.05, 0) is 32.9 Å². The maximum absolute atomic E-state index is 12.4. The average molecular weight is 326 g/mol. The van der Waals surface area contributed by atoms with Crippen molar-refractivity contribution in [2.75, 3.05) is 5.32 Å². The zero-order valence-electron chi connectivity index (χ0n) is 14.1. The summed E-state index contributed by atoms with van der Waals surface area (Å²) >= 11 is 0. The highest BCUT2D eigenvalue weighted by molar-refractivity contribution is 5.84. The molecule has 0 fully saturated rings. The van der Waals surface area contributed by atoms with Crippen LogP contribution in [0.4, 0.5) is 5.69 Å². The Morgan fingerprint density at radius 1 is 1.33 bits per heavy atom. The molecule has 0 aliphatic heterocycles. The van der Waals surface area contributed by atoms with Crippen LogP contribution in [-0.4, -0.2) is 21.7 Å². The van der Waals surface area contributed by atoms with E-state index in [0.717, 1.165) is 29.0 Å². The van der Waals surface area contributed by atoms with Crippen molar-refractivity contribution in [3.63, 3.8) is 0 Å². The molecule has 3 aromatic rings. The van der Waals surface area contributed by atoms with Crippen LogP contribution in [0.1, 0.15) is 32.6 Å². The minimum absolute atomic E-state index is 0.0906. The molecule has 2 atom stereocenters. The van der Waals surface area contributed by atoms with E-state index in [9.17, 15) is 4.79 Å². The average Bonchev–Trinajstić information content (AvgIpc) is 3.20. The molecule has 2 aromatic heterocycles. The molecule has 1 aromatic carbocycles. The number of aryl methyl sites for hydroxylation is 1. The summed E-state index contributed by atoms with van der Waals surface area (Å²) in [5.74, 6) is 0.655. The van der Waals surface area contributed by atoms with Crippen molar-refractivity contribution in [1.82, 2.24) is 15.1 Å². The standard InChI is InChI=1S/C18H22N4O2/c1-4-22-11-15(10-19-22)20-13(3)18(23)21-12(2)17-9-14-7-5-6-8-16(14)24-17/h5-13,20H,4H2,1-3H3,(H,21,23)/t12-,13+/m1/s1. The Morgan fingerprint density at radius 3 is 2.83 bits per heavy atom. The second kappa shape index (κ2) is 6.78. The second-order valence-corrected chi connectivity index (χ2v) is 5.87. The maximum Gasteiger partial charge on any atom is 0.242 e. The first-order valence-electron chi connectivity index (χ1n) is 8.14. The van der Waals surface area contributed by atoms with Gasteiger partial charge in [0.1, 0.15) is 17.4 Å². The smallest absolute Gasteiger partial charge is 0.242 e. The van der Waals surface area contributed by atoms with Gasteiger partial charge in [0.05, 0.1) is 17.9 Å². The lowest BCUT2D eigenvalue weighted by Gasteiger charge is -2.17. The molecule has 6 nitrogen and oxygen atoms in total. The van der Waals surface area contributed by atoms with Gasteiger partial charge in [0, 0.05) is 18.1 Å². The third kappa shape index (κ3) is 3.42. The number of aromatic nitrogens is 2. The van der Waals surface area contributed by atoms with Crippen molar-refractivity contribution in [3.05, 3.63) is 48.5 Å². The summed E-state index contributed by atoms with van der Waals surface area (Å²) in [5.41, 5.74) is 1.66. The minimum atomic E-state index is -0.369. The molecule has 0 saturated heterocycles. The number of rotatable bonds is 6. The van der Waals surface area contributed by atoms with E-state index < -0.39 is 0 Å². The molecule has 3 rings (SSSR count). The van der Waals surface area contributed by atoms with Gasteiger partial charge in [-0.1, -0.05) is 18.2 Å². The number of furan rings is 1. The van der Waals surface area contributed by atoms with Crippen molar-refractivity contribution in [3.8, 4) is 0 Å². The van der Waals surface area contributed by atoms with Crippen molar-refractivity contribution >= 4 is 22.6 Å². The van der Waals surface area contributed by atoms with Gasteiger partial charge < -0.3 is 15.1 Å². The van der Waals surface area contributed by atoms with Gasteiger partial charge in [-0.25, -0.2) is 0 Å². The molecule has 0 aliphatic rings. The van der Waals surface area contributed by atoms with E-state index in [2.05, 4.69) is 15.7 Å². The van der Waals surface area contributed by atoms with Crippen LogP contribution in [0.25, 0.3) is 11.0 Å². The third-order valence-corrected chi connectivity index (χ3v) is 3.96. The number of carbonyl (C=O) groups excluding carboxylic acids is 1. The predicted octanol–water partition coefficient (Wildman–Crippen LogP) is 3.33. The van der Waals surface area contributed by atoms with E-state index in [1.165, 1.54) is 0 Å². The number of para-hydroxylation sites is 1. The number of hydrogen-bond donors (Lipinski definition) is 2. The predicted molar refractivity (Wildman–Crippen MR) is 93.8 cm³/mol. The molecule has 0 spiro atoms. The summed E-state index contributed by atoms with van der Waals surface area (Å²) in [4.78, 5) is 12.4. The topological polar surface area (TPSA) is 72.1 Å². The molecule has 0 radical (unpaired) electrons. The van der Waals surface area contributed by atoms with E-state index in [-0.39, 0.29) is 18.0 Å². The van der Waals surface area contributed by atoms with Gasteiger partial charge in [-0.15, -0.1) is 0 Å². The monoisotopic (exact) mass is 326 g/mol. The second-order valence-electron chi connectivity index (χ2n) is 5.87. The number of fused-ring (bicyclic) bond motifs is 1. The molecule has 0 bridgehead atoms. The first-order chi connectivity index (χ1) is 11.6. The van der Waals surface area contributed by atoms with Crippen LogP contribution >= 0.6 is 0 Å². The highest BCUT2D eigenvalue weighted by Crippen LogP contribution is 2.23. The van der Waals surface area contributed by atoms with Crippen LogP contribution in [0.5, 0.6) is 0 Å². The van der Waals surface area contributed by atoms with Crippen molar-refractivity contribution < 1.29 is 9.21 Å². The molecule has 1 amide bonds. The fraction of sp³-hybridized carbons (Fsp3) is 0.333. The number of anilines is 1. The Balaban J connectivity index is 1.62. The molecule has 0 aliphatic carbocycles. The van der Waals surface area contributed by atoms with Gasteiger partial charge >= 0.3 is 0 Å². The van der Waals surface area contributed by atoms with Gasteiger partial charge in [-0.2, -0.15) is 5.10 Å². The molecule has 6 heteroatoms. The van der Waals surface area contributed by atoms with Crippen LogP contribution in [0.15, 0.2) is 47.1 Å². The molecule has 126 valence electrons. The van der Waals surface area contributed by atoms with E-state index in [1.807, 2.05) is 62.0 Å². The van der Waals surface area contributed by atoms with Crippen LogP contribution in [0.3, 0.4) is 0 Å². The zero-order chi connectivity index (χ0) is 17.1. The molecule has 24 heavy (non-hydrogen) atoms. The highest BCUT2D eigenvalue weighted by Gasteiger charge is 2.18. The number of benzene rings is 1. The van der Waals surface area contributed by atoms with E-state index in [0.29, 0.717) is 0 Å². The lowest BCUT2D eigenvalue weighted by Crippen LogP contribution is -2.38. The lowest BCUT2D eigenvalue weighted by molar-refractivity contribution is -0.122. The molecular weight excluding hydrogens is 304 g/mol. The highest BCUT2D eigenvalue weighted by atomic mass is 16.3. The molecule has 0 unspecified atom stereocenters. The fourth-order valence-electron chi connectivity index (χ4n) is 2.55. The van der Waals surface area contributed by atoms with Gasteiger partial charge in [0.2, 0.25) is 5.91 Å². The van der Waals surface area contributed by atoms with Crippen LogP contribution in [-0.2, 0) is 11.3 Å². The normalized spacial score (nSPS) is 13.6. The summed E-state index contributed by atoms with van der Waals surface area (Å²) in [7, 11) is 0. The Morgan fingerprint density at radius 2 is 2.12 bits per heavy atom. The Kier molecular flexibility index (Phi) is 4.55. The third-order valence-electron chi connectivity index (χ3n) is 3.96. The number of carbonyl (C=O) groups is 1. The lowest BCUT2D eigenvalue weighted by atomic mass is 10.2. The summed E-state index contributed by atoms with van der Waals surface area (Å²) < 4.78 is 7.61. The van der Waals surface area contributed by atoms with Gasteiger partial charge in [0.15, 0.2) is 0 Å². The molecule has 2 heterocycles. The van der Waals surface area contributed by atoms with E-state index in [1.54, 1.807) is 6.20 Å². The van der Waals surface area contributed by atoms with Crippen LogP contribution in [0, 0.1) is 0 Å². The quantitative estimate of drug-likeness (QED) is 0.729. The fourth-order valence-corrected chi connectivity index (χ4v) is 2.55. The van der Waals surface area contributed by atoms with Crippen molar-refractivity contribution in [2.24, 2.45) is 0 Å². The van der Waals surface area contributed by atoms with Crippen LogP contribution < -0.4 is 10.6 Å². The minimum Gasteiger partial charge on any atom is -0.459 e. The Hall–Kier alpha value is -2.76. The van der Waals surface area contributed by atoms with E-state index in [4.69, 9.17) is 4.42 Å². The summed E-state index contributed by atoms with van der Waals surface area (Å²) in [6.07, 6.45) is 3.60. The Bertz CT molecular complexity index is 803. The number of nitrogens with zero attached hydrogens (tertiary/aromatic N) is 2. The van der Waals surface area contributed by atoms with Crippen LogP contribution in [0.2, 0.25) is 0 Å². The molecular formula is C18H22N4O2. The van der Waals surface area contributed by atoms with Crippen molar-refractivity contribution in [2.45, 2.75) is 39.4 Å². The van der Waals surface area contributed by atoms with Gasteiger partial charge in [0.25, 0.3) is 0 Å². The first-order valence-corrected chi connectivity index (χ1v) is 8.14. The van der Waals surface area contributed by atoms with E-state index >= 15 is 0 Å². The SMILES string of the molecule is CCn1cc(N[C@@H](C)C(=O)N[C@H](C)c2cc3ccccc3o2)cn1. The number of hydrogen-bond acceptors (Lipinski definition) is 4. The van der Waals surface area contributed by atoms with Gasteiger partial charge in [-0.3, -0.25) is 9.48 Å². The summed E-state index contributed by atoms with van der Waals surface area (Å²) in [6.45, 7) is 6.55. The number of amides is 1. The van der Waals surface area contributed by atoms with Crippen molar-refractivity contribution in [1.29, 1.82) is 0 Å². The maximum atomic E-state index is 12.4. The first kappa shape index (κ1) is 16.1. The zero-order valence-corrected chi connectivity index (χ0v) is 14.1. The summed E-state index contributed by atoms with van der Waals surface area (Å²) in [6, 6.07) is 9.20. The Labute approximate surface area is 140 Å².